The molecule has 2 heterocycles. The summed E-state index contributed by atoms with van der Waals surface area (Å²) < 4.78 is 28.6. The maximum Gasteiger partial charge on any atom is 0.264 e. The van der Waals surface area contributed by atoms with Crippen LogP contribution >= 0.6 is 0 Å². The van der Waals surface area contributed by atoms with Crippen molar-refractivity contribution in [1.29, 1.82) is 0 Å². The largest absolute Gasteiger partial charge is 0.324 e. The average Bonchev–Trinajstić information content (AvgIpc) is 3.40. The summed E-state index contributed by atoms with van der Waals surface area (Å²) in [5.41, 5.74) is 3.14. The van der Waals surface area contributed by atoms with Crippen molar-refractivity contribution in [3.63, 3.8) is 0 Å². The predicted molar refractivity (Wildman–Crippen MR) is 99.0 cm³/mol. The summed E-state index contributed by atoms with van der Waals surface area (Å²) in [7, 11) is 0. The van der Waals surface area contributed by atoms with Gasteiger partial charge in [0, 0.05) is 22.9 Å². The molecule has 0 radical (unpaired) electrons. The van der Waals surface area contributed by atoms with Gasteiger partial charge in [0.15, 0.2) is 5.65 Å². The van der Waals surface area contributed by atoms with Gasteiger partial charge in [0.1, 0.15) is 6.54 Å². The van der Waals surface area contributed by atoms with E-state index in [2.05, 4.69) is 15.4 Å². The average molecular weight is 370 g/mol. The van der Waals surface area contributed by atoms with Crippen LogP contribution in [0.4, 0.5) is 14.5 Å². The highest BCUT2D eigenvalue weighted by Crippen LogP contribution is 2.41. The number of hydrogen-bond acceptors (Lipinski definition) is 3. The highest BCUT2D eigenvalue weighted by molar-refractivity contribution is 5.92. The molecule has 1 N–H and O–H groups in total. The highest BCUT2D eigenvalue weighted by atomic mass is 19.3. The number of nitrogens with zero attached hydrogens (tertiary/aromatic N) is 3. The van der Waals surface area contributed by atoms with Gasteiger partial charge in [0.05, 0.1) is 11.1 Å². The lowest BCUT2D eigenvalue weighted by Crippen LogP contribution is -2.20. The molecule has 0 bridgehead atoms. The van der Waals surface area contributed by atoms with Gasteiger partial charge in [-0.25, -0.2) is 18.4 Å². The van der Waals surface area contributed by atoms with Gasteiger partial charge >= 0.3 is 0 Å². The van der Waals surface area contributed by atoms with Gasteiger partial charge in [-0.1, -0.05) is 12.1 Å². The number of aromatic nitrogens is 3. The van der Waals surface area contributed by atoms with Crippen molar-refractivity contribution in [2.24, 2.45) is 0 Å². The Balaban J connectivity index is 1.68. The van der Waals surface area contributed by atoms with Crippen LogP contribution in [0.2, 0.25) is 0 Å². The molecular formula is C20H20F2N4O. The fourth-order valence-electron chi connectivity index (χ4n) is 3.34. The predicted octanol–water partition coefficient (Wildman–Crippen LogP) is 4.50. The Labute approximate surface area is 155 Å². The van der Waals surface area contributed by atoms with Crippen LogP contribution in [-0.2, 0) is 11.3 Å². The van der Waals surface area contributed by atoms with Crippen LogP contribution in [0.5, 0.6) is 0 Å². The van der Waals surface area contributed by atoms with Crippen molar-refractivity contribution in [3.05, 3.63) is 52.8 Å². The van der Waals surface area contributed by atoms with Crippen molar-refractivity contribution in [3.8, 4) is 0 Å². The Kier molecular flexibility index (Phi) is 4.37. The number of nitrogens with one attached hydrogen (secondary N) is 1. The summed E-state index contributed by atoms with van der Waals surface area (Å²) in [5, 5.41) is 7.47. The van der Waals surface area contributed by atoms with E-state index in [0.717, 1.165) is 18.4 Å². The lowest BCUT2D eigenvalue weighted by atomic mass is 10.1. The van der Waals surface area contributed by atoms with E-state index in [0.29, 0.717) is 28.1 Å². The molecule has 7 heteroatoms. The van der Waals surface area contributed by atoms with Crippen LogP contribution in [0.15, 0.2) is 30.3 Å². The molecular weight excluding hydrogens is 350 g/mol. The third kappa shape index (κ3) is 3.54. The van der Waals surface area contributed by atoms with Crippen LogP contribution in [0.25, 0.3) is 11.0 Å². The standard InChI is InChI=1S/C20H20F2N4O/c1-11-4-3-5-14(8-11)23-17(27)10-26-20-18(12(2)25-26)15(19(21)22)9-16(24-20)13-6-7-13/h3-5,8-9,13,19H,6-7,10H2,1-2H3,(H,23,27). The quantitative estimate of drug-likeness (QED) is 0.719. The van der Waals surface area contributed by atoms with E-state index >= 15 is 0 Å². The molecule has 3 aromatic rings. The summed E-state index contributed by atoms with van der Waals surface area (Å²) in [5.74, 6) is -0.0427. The van der Waals surface area contributed by atoms with Gasteiger partial charge in [0.2, 0.25) is 5.91 Å². The van der Waals surface area contributed by atoms with Gasteiger partial charge in [-0.2, -0.15) is 5.10 Å². The molecule has 27 heavy (non-hydrogen) atoms. The highest BCUT2D eigenvalue weighted by Gasteiger charge is 2.29. The second-order valence-corrected chi connectivity index (χ2v) is 7.07. The van der Waals surface area contributed by atoms with E-state index in [4.69, 9.17) is 0 Å². The molecule has 1 aliphatic rings. The van der Waals surface area contributed by atoms with Crippen molar-refractivity contribution >= 4 is 22.6 Å². The first-order valence-corrected chi connectivity index (χ1v) is 8.95. The zero-order chi connectivity index (χ0) is 19.1. The number of pyridine rings is 1. The molecule has 0 atom stereocenters. The number of carbonyl (C=O) groups is 1. The molecule has 0 aliphatic heterocycles. The minimum atomic E-state index is -2.61. The first kappa shape index (κ1) is 17.6. The lowest BCUT2D eigenvalue weighted by Gasteiger charge is -2.09. The molecule has 0 unspecified atom stereocenters. The number of halogens is 2. The van der Waals surface area contributed by atoms with E-state index in [9.17, 15) is 13.6 Å². The number of hydrogen-bond donors (Lipinski definition) is 1. The number of carbonyl (C=O) groups excluding carboxylic acids is 1. The smallest absolute Gasteiger partial charge is 0.264 e. The molecule has 4 rings (SSSR count). The number of rotatable bonds is 5. The zero-order valence-corrected chi connectivity index (χ0v) is 15.2. The van der Waals surface area contributed by atoms with E-state index < -0.39 is 6.43 Å². The fraction of sp³-hybridized carbons (Fsp3) is 0.350. The first-order valence-electron chi connectivity index (χ1n) is 8.95. The normalized spacial score (nSPS) is 14.1. The molecule has 0 spiro atoms. The molecule has 2 aromatic heterocycles. The van der Waals surface area contributed by atoms with E-state index in [1.807, 2.05) is 25.1 Å². The second kappa shape index (κ2) is 6.72. The fourth-order valence-corrected chi connectivity index (χ4v) is 3.34. The van der Waals surface area contributed by atoms with Gasteiger partial charge in [-0.05, 0) is 50.5 Å². The number of anilines is 1. The Morgan fingerprint density at radius 2 is 2.07 bits per heavy atom. The van der Waals surface area contributed by atoms with Crippen LogP contribution in [0, 0.1) is 13.8 Å². The molecule has 0 saturated heterocycles. The molecule has 140 valence electrons. The van der Waals surface area contributed by atoms with E-state index in [1.165, 1.54) is 10.7 Å². The Bertz CT molecular complexity index is 1020. The Morgan fingerprint density at radius 3 is 2.74 bits per heavy atom. The number of amides is 1. The SMILES string of the molecule is Cc1cccc(NC(=O)Cn2nc(C)c3c(C(F)F)cc(C4CC4)nc32)c1. The summed E-state index contributed by atoms with van der Waals surface area (Å²) in [6.07, 6.45) is -0.685. The molecule has 1 aromatic carbocycles. The third-order valence-corrected chi connectivity index (χ3v) is 4.75. The molecule has 1 saturated carbocycles. The number of benzene rings is 1. The van der Waals surface area contributed by atoms with E-state index in [-0.39, 0.29) is 23.9 Å². The summed E-state index contributed by atoms with van der Waals surface area (Å²) in [6, 6.07) is 8.96. The van der Waals surface area contributed by atoms with Crippen molar-refractivity contribution in [1.82, 2.24) is 14.8 Å². The van der Waals surface area contributed by atoms with Crippen molar-refractivity contribution in [2.45, 2.75) is 45.6 Å². The number of alkyl halides is 2. The molecule has 1 amide bonds. The minimum Gasteiger partial charge on any atom is -0.324 e. The topological polar surface area (TPSA) is 59.8 Å². The summed E-state index contributed by atoms with van der Waals surface area (Å²) >= 11 is 0. The van der Waals surface area contributed by atoms with Gasteiger partial charge < -0.3 is 5.32 Å². The van der Waals surface area contributed by atoms with E-state index in [1.54, 1.807) is 13.0 Å². The van der Waals surface area contributed by atoms with Gasteiger partial charge in [-0.15, -0.1) is 0 Å². The monoisotopic (exact) mass is 370 g/mol. The van der Waals surface area contributed by atoms with Gasteiger partial charge in [0.25, 0.3) is 6.43 Å². The number of aryl methyl sites for hydroxylation is 2. The Hall–Kier alpha value is -2.83. The first-order chi connectivity index (χ1) is 12.9. The maximum atomic E-state index is 13.6. The number of fused-ring (bicyclic) bond motifs is 1. The third-order valence-electron chi connectivity index (χ3n) is 4.75. The van der Waals surface area contributed by atoms with Crippen molar-refractivity contribution in [2.75, 3.05) is 5.32 Å². The molecule has 1 aliphatic carbocycles. The molecule has 5 nitrogen and oxygen atoms in total. The maximum absolute atomic E-state index is 13.6. The minimum absolute atomic E-state index is 0.0512. The summed E-state index contributed by atoms with van der Waals surface area (Å²) in [6.45, 7) is 3.53. The lowest BCUT2D eigenvalue weighted by molar-refractivity contribution is -0.116. The Morgan fingerprint density at radius 1 is 1.30 bits per heavy atom. The van der Waals surface area contributed by atoms with Crippen molar-refractivity contribution < 1.29 is 13.6 Å². The van der Waals surface area contributed by atoms with Gasteiger partial charge in [-0.3, -0.25) is 4.79 Å². The second-order valence-electron chi connectivity index (χ2n) is 7.07. The van der Waals surface area contributed by atoms with Crippen LogP contribution < -0.4 is 5.32 Å². The van der Waals surface area contributed by atoms with Crippen LogP contribution in [0.3, 0.4) is 0 Å². The van der Waals surface area contributed by atoms with Crippen LogP contribution in [-0.4, -0.2) is 20.7 Å². The molecule has 1 fully saturated rings. The van der Waals surface area contributed by atoms with Crippen LogP contribution in [0.1, 0.15) is 47.7 Å². The summed E-state index contributed by atoms with van der Waals surface area (Å²) in [4.78, 5) is 17.0. The zero-order valence-electron chi connectivity index (χ0n) is 15.2.